The lowest BCUT2D eigenvalue weighted by Crippen LogP contribution is -2.34. The average Bonchev–Trinajstić information content (AvgIpc) is 2.76. The highest BCUT2D eigenvalue weighted by Crippen LogP contribution is 2.11. The van der Waals surface area contributed by atoms with E-state index in [-0.39, 0.29) is 0 Å². The van der Waals surface area contributed by atoms with Crippen LogP contribution in [0.25, 0.3) is 0 Å². The predicted molar refractivity (Wildman–Crippen MR) is 61.7 cm³/mol. The minimum absolute atomic E-state index is 0.721. The van der Waals surface area contributed by atoms with Gasteiger partial charge >= 0.3 is 0 Å². The Balaban J connectivity index is 1.75. The Bertz CT molecular complexity index is 252. The number of hydrogen-bond donors (Lipinski definition) is 1. The van der Waals surface area contributed by atoms with Crippen LogP contribution in [0.1, 0.15) is 18.4 Å². The third-order valence-electron chi connectivity index (χ3n) is 2.73. The fraction of sp³-hybridized carbons (Fsp3) is 0.636. The van der Waals surface area contributed by atoms with Gasteiger partial charge in [-0.25, -0.2) is 0 Å². The molecule has 1 fully saturated rings. The summed E-state index contributed by atoms with van der Waals surface area (Å²) in [6.07, 6.45) is 2.69. The highest BCUT2D eigenvalue weighted by atomic mass is 32.1. The fourth-order valence-electron chi connectivity index (χ4n) is 2.05. The van der Waals surface area contributed by atoms with Crippen molar-refractivity contribution in [2.24, 2.45) is 0 Å². The maximum Gasteiger partial charge on any atom is 0.0239 e. The van der Waals surface area contributed by atoms with Crippen LogP contribution < -0.4 is 5.32 Å². The van der Waals surface area contributed by atoms with Crippen molar-refractivity contribution >= 4 is 11.3 Å². The van der Waals surface area contributed by atoms with E-state index >= 15 is 0 Å². The van der Waals surface area contributed by atoms with E-state index < -0.39 is 0 Å². The summed E-state index contributed by atoms with van der Waals surface area (Å²) in [5.74, 6) is 0. The SMILES string of the molecule is CN(Cc1ccsc1)CC1CCCN1. The number of nitrogens with one attached hydrogen (secondary N) is 1. The topological polar surface area (TPSA) is 15.3 Å². The van der Waals surface area contributed by atoms with Gasteiger partial charge in [-0.15, -0.1) is 0 Å². The van der Waals surface area contributed by atoms with Gasteiger partial charge in [-0.05, 0) is 48.8 Å². The number of rotatable bonds is 4. The van der Waals surface area contributed by atoms with Crippen molar-refractivity contribution in [3.05, 3.63) is 22.4 Å². The van der Waals surface area contributed by atoms with Crippen molar-refractivity contribution in [2.75, 3.05) is 20.1 Å². The number of hydrogen-bond acceptors (Lipinski definition) is 3. The van der Waals surface area contributed by atoms with Gasteiger partial charge in [0.2, 0.25) is 0 Å². The molecule has 2 rings (SSSR count). The quantitative estimate of drug-likeness (QED) is 0.817. The van der Waals surface area contributed by atoms with Crippen LogP contribution in [0, 0.1) is 0 Å². The van der Waals surface area contributed by atoms with E-state index in [2.05, 4.69) is 34.1 Å². The predicted octanol–water partition coefficient (Wildman–Crippen LogP) is 1.93. The zero-order valence-corrected chi connectivity index (χ0v) is 9.52. The highest BCUT2D eigenvalue weighted by Gasteiger charge is 2.15. The van der Waals surface area contributed by atoms with Gasteiger partial charge in [0, 0.05) is 19.1 Å². The Morgan fingerprint density at radius 1 is 1.64 bits per heavy atom. The summed E-state index contributed by atoms with van der Waals surface area (Å²) in [5.41, 5.74) is 1.44. The normalized spacial score (nSPS) is 22.0. The highest BCUT2D eigenvalue weighted by molar-refractivity contribution is 7.07. The lowest BCUT2D eigenvalue weighted by Gasteiger charge is -2.20. The molecule has 2 nitrogen and oxygen atoms in total. The molecule has 3 heteroatoms. The van der Waals surface area contributed by atoms with Gasteiger partial charge in [0.25, 0.3) is 0 Å². The Hall–Kier alpha value is -0.380. The Morgan fingerprint density at radius 3 is 3.21 bits per heavy atom. The number of likely N-dealkylation sites (N-methyl/N-ethyl adjacent to an activating group) is 1. The molecule has 0 amide bonds. The van der Waals surface area contributed by atoms with Crippen LogP contribution in [0.4, 0.5) is 0 Å². The van der Waals surface area contributed by atoms with E-state index in [0.717, 1.165) is 12.6 Å². The smallest absolute Gasteiger partial charge is 0.0239 e. The summed E-state index contributed by atoms with van der Waals surface area (Å²) >= 11 is 1.78. The first-order valence-corrected chi connectivity index (χ1v) is 6.22. The second kappa shape index (κ2) is 4.91. The van der Waals surface area contributed by atoms with Crippen LogP contribution in [0.15, 0.2) is 16.8 Å². The Kier molecular flexibility index (Phi) is 3.56. The number of nitrogens with zero attached hydrogens (tertiary/aromatic N) is 1. The molecule has 0 radical (unpaired) electrons. The zero-order chi connectivity index (χ0) is 9.80. The minimum atomic E-state index is 0.721. The van der Waals surface area contributed by atoms with Crippen LogP contribution in [0.5, 0.6) is 0 Å². The van der Waals surface area contributed by atoms with E-state index in [4.69, 9.17) is 0 Å². The summed E-state index contributed by atoms with van der Waals surface area (Å²) in [7, 11) is 2.21. The molecule has 0 aliphatic carbocycles. The lowest BCUT2D eigenvalue weighted by atomic mass is 10.2. The van der Waals surface area contributed by atoms with Gasteiger partial charge in [-0.3, -0.25) is 0 Å². The van der Waals surface area contributed by atoms with Gasteiger partial charge in [0.15, 0.2) is 0 Å². The largest absolute Gasteiger partial charge is 0.313 e. The van der Waals surface area contributed by atoms with Gasteiger partial charge < -0.3 is 10.2 Å². The molecule has 1 aliphatic heterocycles. The molecule has 1 aromatic rings. The monoisotopic (exact) mass is 210 g/mol. The van der Waals surface area contributed by atoms with E-state index in [0.29, 0.717) is 0 Å². The molecule has 1 atom stereocenters. The Morgan fingerprint density at radius 2 is 2.57 bits per heavy atom. The molecule has 78 valence electrons. The van der Waals surface area contributed by atoms with Crippen molar-refractivity contribution in [3.8, 4) is 0 Å². The standard InChI is InChI=1S/C11H18N2S/c1-13(7-10-4-6-14-9-10)8-11-3-2-5-12-11/h4,6,9,11-12H,2-3,5,7-8H2,1H3. The lowest BCUT2D eigenvalue weighted by molar-refractivity contribution is 0.293. The molecule has 0 bridgehead atoms. The summed E-state index contributed by atoms with van der Waals surface area (Å²) in [6.45, 7) is 3.47. The first-order chi connectivity index (χ1) is 6.84. The van der Waals surface area contributed by atoms with Crippen LogP contribution in [-0.4, -0.2) is 31.1 Å². The first-order valence-electron chi connectivity index (χ1n) is 5.27. The zero-order valence-electron chi connectivity index (χ0n) is 8.70. The van der Waals surface area contributed by atoms with Gasteiger partial charge in [-0.1, -0.05) is 0 Å². The van der Waals surface area contributed by atoms with Crippen molar-refractivity contribution in [3.63, 3.8) is 0 Å². The van der Waals surface area contributed by atoms with Crippen molar-refractivity contribution in [1.82, 2.24) is 10.2 Å². The van der Waals surface area contributed by atoms with Crippen molar-refractivity contribution in [1.29, 1.82) is 0 Å². The molecule has 14 heavy (non-hydrogen) atoms. The van der Waals surface area contributed by atoms with Crippen LogP contribution in [-0.2, 0) is 6.54 Å². The van der Waals surface area contributed by atoms with E-state index in [1.165, 1.54) is 31.5 Å². The third kappa shape index (κ3) is 2.80. The van der Waals surface area contributed by atoms with Gasteiger partial charge in [-0.2, -0.15) is 11.3 Å². The second-order valence-electron chi connectivity index (χ2n) is 4.12. The maximum atomic E-state index is 3.53. The molecule has 1 N–H and O–H groups in total. The molecule has 1 aliphatic rings. The summed E-state index contributed by atoms with van der Waals surface area (Å²) in [5, 5.41) is 7.91. The molecular weight excluding hydrogens is 192 g/mol. The van der Waals surface area contributed by atoms with Gasteiger partial charge in [0.05, 0.1) is 0 Å². The average molecular weight is 210 g/mol. The summed E-state index contributed by atoms with van der Waals surface area (Å²) in [4.78, 5) is 2.41. The van der Waals surface area contributed by atoms with Crippen molar-refractivity contribution < 1.29 is 0 Å². The molecule has 2 heterocycles. The van der Waals surface area contributed by atoms with Crippen LogP contribution in [0.3, 0.4) is 0 Å². The van der Waals surface area contributed by atoms with Gasteiger partial charge in [0.1, 0.15) is 0 Å². The minimum Gasteiger partial charge on any atom is -0.313 e. The summed E-state index contributed by atoms with van der Waals surface area (Å²) in [6, 6.07) is 2.93. The molecule has 1 aromatic heterocycles. The molecule has 0 spiro atoms. The molecule has 0 saturated carbocycles. The van der Waals surface area contributed by atoms with Crippen molar-refractivity contribution in [2.45, 2.75) is 25.4 Å². The summed E-state index contributed by atoms with van der Waals surface area (Å²) < 4.78 is 0. The number of thiophene rings is 1. The third-order valence-corrected chi connectivity index (χ3v) is 3.46. The molecule has 1 saturated heterocycles. The fourth-order valence-corrected chi connectivity index (χ4v) is 2.71. The van der Waals surface area contributed by atoms with Crippen LogP contribution in [0.2, 0.25) is 0 Å². The molecule has 0 aromatic carbocycles. The molecular formula is C11H18N2S. The first kappa shape index (κ1) is 10.1. The van der Waals surface area contributed by atoms with Crippen LogP contribution >= 0.6 is 11.3 Å². The maximum absolute atomic E-state index is 3.53. The Labute approximate surface area is 89.9 Å². The van der Waals surface area contributed by atoms with E-state index in [9.17, 15) is 0 Å². The molecule has 1 unspecified atom stereocenters. The van der Waals surface area contributed by atoms with E-state index in [1.54, 1.807) is 11.3 Å². The van der Waals surface area contributed by atoms with E-state index in [1.807, 2.05) is 0 Å². The second-order valence-corrected chi connectivity index (χ2v) is 4.90.